The summed E-state index contributed by atoms with van der Waals surface area (Å²) in [5.41, 5.74) is 0.238. The van der Waals surface area contributed by atoms with Gasteiger partial charge in [0.15, 0.2) is 15.1 Å². The van der Waals surface area contributed by atoms with Crippen LogP contribution < -0.4 is 5.32 Å². The van der Waals surface area contributed by atoms with E-state index in [0.29, 0.717) is 5.39 Å². The highest BCUT2D eigenvalue weighted by atomic mass is 32.2. The lowest BCUT2D eigenvalue weighted by atomic mass is 9.90. The molecule has 1 saturated heterocycles. The summed E-state index contributed by atoms with van der Waals surface area (Å²) < 4.78 is 37.5. The SMILES string of the molecule is CC1(C)C(CNC(=O)c2ccc(F)c3cnccc23)CC(C(=O)O)S1(=O)=O. The Morgan fingerprint density at radius 3 is 2.63 bits per heavy atom. The van der Waals surface area contributed by atoms with Crippen molar-refractivity contribution in [2.75, 3.05) is 6.54 Å². The summed E-state index contributed by atoms with van der Waals surface area (Å²) in [6.45, 7) is 2.95. The number of rotatable bonds is 4. The van der Waals surface area contributed by atoms with Gasteiger partial charge < -0.3 is 10.4 Å². The minimum atomic E-state index is -3.88. The third kappa shape index (κ3) is 3.05. The van der Waals surface area contributed by atoms with Gasteiger partial charge in [0.2, 0.25) is 0 Å². The van der Waals surface area contributed by atoms with E-state index in [1.165, 1.54) is 44.4 Å². The molecule has 2 unspecified atom stereocenters. The van der Waals surface area contributed by atoms with Crippen LogP contribution in [0.15, 0.2) is 30.6 Å². The van der Waals surface area contributed by atoms with Crippen molar-refractivity contribution >= 4 is 32.5 Å². The summed E-state index contributed by atoms with van der Waals surface area (Å²) in [4.78, 5) is 27.7. The largest absolute Gasteiger partial charge is 0.480 e. The van der Waals surface area contributed by atoms with Crippen molar-refractivity contribution in [3.05, 3.63) is 42.0 Å². The maximum absolute atomic E-state index is 13.9. The van der Waals surface area contributed by atoms with Gasteiger partial charge in [0.25, 0.3) is 5.91 Å². The van der Waals surface area contributed by atoms with Crippen LogP contribution in [-0.2, 0) is 14.6 Å². The molecule has 7 nitrogen and oxygen atoms in total. The Kier molecular flexibility index (Phi) is 4.67. The predicted octanol–water partition coefficient (Wildman–Crippen LogP) is 1.77. The molecule has 144 valence electrons. The third-order valence-electron chi connectivity index (χ3n) is 5.38. The Balaban J connectivity index is 1.83. The number of carboxylic acid groups (broad SMARTS) is 1. The van der Waals surface area contributed by atoms with Crippen molar-refractivity contribution in [2.45, 2.75) is 30.3 Å². The molecule has 1 aromatic carbocycles. The maximum Gasteiger partial charge on any atom is 0.321 e. The van der Waals surface area contributed by atoms with Crippen molar-refractivity contribution in [1.29, 1.82) is 0 Å². The molecule has 0 aliphatic carbocycles. The van der Waals surface area contributed by atoms with Crippen LogP contribution >= 0.6 is 0 Å². The molecule has 0 radical (unpaired) electrons. The molecule has 1 aliphatic rings. The first-order chi connectivity index (χ1) is 12.6. The summed E-state index contributed by atoms with van der Waals surface area (Å²) in [6.07, 6.45) is 2.70. The number of hydrogen-bond acceptors (Lipinski definition) is 5. The van der Waals surface area contributed by atoms with E-state index in [0.717, 1.165) is 0 Å². The predicted molar refractivity (Wildman–Crippen MR) is 96.6 cm³/mol. The van der Waals surface area contributed by atoms with E-state index in [1.807, 2.05) is 0 Å². The quantitative estimate of drug-likeness (QED) is 0.817. The highest BCUT2D eigenvalue weighted by Crippen LogP contribution is 2.41. The number of carbonyl (C=O) groups is 2. The number of pyridine rings is 1. The molecule has 1 aromatic heterocycles. The van der Waals surface area contributed by atoms with Crippen molar-refractivity contribution in [1.82, 2.24) is 10.3 Å². The Morgan fingerprint density at radius 2 is 2.00 bits per heavy atom. The van der Waals surface area contributed by atoms with Crippen LogP contribution in [0.4, 0.5) is 4.39 Å². The number of amides is 1. The molecule has 1 fully saturated rings. The number of aromatic nitrogens is 1. The van der Waals surface area contributed by atoms with Gasteiger partial charge >= 0.3 is 5.97 Å². The smallest absolute Gasteiger partial charge is 0.321 e. The molecule has 0 spiro atoms. The molecule has 27 heavy (non-hydrogen) atoms. The molecule has 2 atom stereocenters. The molecular weight excluding hydrogens is 375 g/mol. The number of hydrogen-bond donors (Lipinski definition) is 2. The van der Waals surface area contributed by atoms with E-state index in [1.54, 1.807) is 0 Å². The minimum Gasteiger partial charge on any atom is -0.480 e. The number of aliphatic carboxylic acids is 1. The van der Waals surface area contributed by atoms with Crippen LogP contribution in [0, 0.1) is 11.7 Å². The van der Waals surface area contributed by atoms with Gasteiger partial charge in [-0.2, -0.15) is 0 Å². The zero-order valence-electron chi connectivity index (χ0n) is 14.8. The van der Waals surface area contributed by atoms with E-state index < -0.39 is 43.4 Å². The number of fused-ring (bicyclic) bond motifs is 1. The van der Waals surface area contributed by atoms with Crippen LogP contribution in [0.2, 0.25) is 0 Å². The van der Waals surface area contributed by atoms with Crippen LogP contribution in [-0.4, -0.2) is 46.9 Å². The molecule has 2 aromatic rings. The van der Waals surface area contributed by atoms with Gasteiger partial charge in [0, 0.05) is 35.3 Å². The van der Waals surface area contributed by atoms with Crippen molar-refractivity contribution in [3.63, 3.8) is 0 Å². The first kappa shape index (κ1) is 19.2. The van der Waals surface area contributed by atoms with E-state index >= 15 is 0 Å². The number of carboxylic acids is 1. The Bertz CT molecular complexity index is 1040. The van der Waals surface area contributed by atoms with Gasteiger partial charge in [-0.05, 0) is 44.4 Å². The van der Waals surface area contributed by atoms with Crippen molar-refractivity contribution < 1.29 is 27.5 Å². The van der Waals surface area contributed by atoms with Gasteiger partial charge in [-0.3, -0.25) is 14.6 Å². The summed E-state index contributed by atoms with van der Waals surface area (Å²) in [5.74, 6) is -2.92. The zero-order valence-corrected chi connectivity index (χ0v) is 15.6. The number of carbonyl (C=O) groups excluding carboxylic acids is 1. The monoisotopic (exact) mass is 394 g/mol. The summed E-state index contributed by atoms with van der Waals surface area (Å²) in [5, 5.41) is 11.0. The fourth-order valence-electron chi connectivity index (χ4n) is 3.50. The topological polar surface area (TPSA) is 113 Å². The Labute approximate surface area is 155 Å². The van der Waals surface area contributed by atoms with E-state index in [9.17, 15) is 27.5 Å². The first-order valence-electron chi connectivity index (χ1n) is 8.34. The Hall–Kier alpha value is -2.55. The van der Waals surface area contributed by atoms with Crippen LogP contribution in [0.3, 0.4) is 0 Å². The fraction of sp³-hybridized carbons (Fsp3) is 0.389. The lowest BCUT2D eigenvalue weighted by Gasteiger charge is -2.25. The molecule has 1 amide bonds. The summed E-state index contributed by atoms with van der Waals surface area (Å²) in [7, 11) is -3.88. The maximum atomic E-state index is 13.9. The average molecular weight is 394 g/mol. The van der Waals surface area contributed by atoms with Crippen LogP contribution in [0.25, 0.3) is 10.8 Å². The minimum absolute atomic E-state index is 0.00119. The first-order valence-corrected chi connectivity index (χ1v) is 9.88. The lowest BCUT2D eigenvalue weighted by Crippen LogP contribution is -2.41. The molecule has 1 aliphatic heterocycles. The van der Waals surface area contributed by atoms with Gasteiger partial charge in [0.05, 0.1) is 4.75 Å². The molecule has 2 N–H and O–H groups in total. The molecule has 9 heteroatoms. The second-order valence-electron chi connectivity index (χ2n) is 7.13. The molecule has 3 rings (SSSR count). The van der Waals surface area contributed by atoms with E-state index in [-0.39, 0.29) is 23.9 Å². The van der Waals surface area contributed by atoms with Gasteiger partial charge in [-0.15, -0.1) is 0 Å². The highest BCUT2D eigenvalue weighted by Gasteiger charge is 2.56. The van der Waals surface area contributed by atoms with Crippen LogP contribution in [0.1, 0.15) is 30.6 Å². The molecular formula is C18H19FN2O5S. The van der Waals surface area contributed by atoms with E-state index in [2.05, 4.69) is 10.3 Å². The standard InChI is InChI=1S/C18H19FN2O5S/c1-18(2)10(7-15(17(23)24)27(18,25)26)8-21-16(22)12-3-4-14(19)13-9-20-6-5-11(12)13/h3-6,9-10,15H,7-8H2,1-2H3,(H,21,22)(H,23,24). The lowest BCUT2D eigenvalue weighted by molar-refractivity contribution is -0.136. The van der Waals surface area contributed by atoms with E-state index in [4.69, 9.17) is 0 Å². The van der Waals surface area contributed by atoms with Crippen LogP contribution in [0.5, 0.6) is 0 Å². The Morgan fingerprint density at radius 1 is 1.30 bits per heavy atom. The zero-order chi connectivity index (χ0) is 20.0. The summed E-state index contributed by atoms with van der Waals surface area (Å²) >= 11 is 0. The normalized spacial score (nSPS) is 23.2. The second-order valence-corrected chi connectivity index (χ2v) is 9.85. The molecule has 2 heterocycles. The molecule has 0 bridgehead atoms. The second kappa shape index (κ2) is 6.56. The fourth-order valence-corrected chi connectivity index (χ4v) is 5.62. The summed E-state index contributed by atoms with van der Waals surface area (Å²) in [6, 6.07) is 4.05. The number of sulfone groups is 1. The van der Waals surface area contributed by atoms with Crippen molar-refractivity contribution in [3.8, 4) is 0 Å². The van der Waals surface area contributed by atoms with Gasteiger partial charge in [0.1, 0.15) is 5.82 Å². The average Bonchev–Trinajstić information content (AvgIpc) is 2.79. The van der Waals surface area contributed by atoms with Gasteiger partial charge in [-0.25, -0.2) is 12.8 Å². The number of halogens is 1. The number of nitrogens with one attached hydrogen (secondary N) is 1. The molecule has 0 saturated carbocycles. The van der Waals surface area contributed by atoms with Gasteiger partial charge in [-0.1, -0.05) is 0 Å². The highest BCUT2D eigenvalue weighted by molar-refractivity contribution is 7.94. The third-order valence-corrected chi connectivity index (χ3v) is 8.33. The number of nitrogens with zero attached hydrogens (tertiary/aromatic N) is 1. The van der Waals surface area contributed by atoms with Crippen molar-refractivity contribution in [2.24, 2.45) is 5.92 Å². The number of benzene rings is 1.